The van der Waals surface area contributed by atoms with Crippen molar-refractivity contribution < 1.29 is 13.2 Å². The van der Waals surface area contributed by atoms with Crippen molar-refractivity contribution in [2.75, 3.05) is 6.61 Å². The Morgan fingerprint density at radius 3 is 2.10 bits per heavy atom. The van der Waals surface area contributed by atoms with Crippen LogP contribution in [-0.4, -0.2) is 25.0 Å². The molecule has 4 rings (SSSR count). The molecule has 158 valence electrons. The molecule has 0 aliphatic carbocycles. The second-order valence-electron chi connectivity index (χ2n) is 7.40. The molecule has 4 aromatic rings. The molecule has 0 saturated carbocycles. The molecule has 0 spiro atoms. The topological polar surface area (TPSA) is 69.2 Å². The van der Waals surface area contributed by atoms with Crippen LogP contribution < -0.4 is 4.74 Å². The van der Waals surface area contributed by atoms with E-state index in [1.807, 2.05) is 62.4 Å². The summed E-state index contributed by atoms with van der Waals surface area (Å²) in [6.45, 7) is 4.42. The normalized spacial score (nSPS) is 11.5. The van der Waals surface area contributed by atoms with Crippen molar-refractivity contribution in [3.8, 4) is 5.75 Å². The van der Waals surface area contributed by atoms with E-state index in [4.69, 9.17) is 14.7 Å². The van der Waals surface area contributed by atoms with Gasteiger partial charge in [-0.3, -0.25) is 0 Å². The Balaban J connectivity index is 1.78. The maximum absolute atomic E-state index is 13.1. The quantitative estimate of drug-likeness (QED) is 0.415. The van der Waals surface area contributed by atoms with Gasteiger partial charge in [0.1, 0.15) is 5.75 Å². The van der Waals surface area contributed by atoms with Crippen molar-refractivity contribution in [3.63, 3.8) is 0 Å². The number of aromatic nitrogens is 2. The first kappa shape index (κ1) is 21.0. The fourth-order valence-corrected chi connectivity index (χ4v) is 4.77. The molecule has 1 heterocycles. The SMILES string of the molecule is CCOc1ccccc1Cc1nc2ccccc2nc1CS(=O)(=O)c1ccc(C)cc1. The van der Waals surface area contributed by atoms with E-state index in [1.54, 1.807) is 24.3 Å². The summed E-state index contributed by atoms with van der Waals surface area (Å²) in [5.41, 5.74) is 4.48. The summed E-state index contributed by atoms with van der Waals surface area (Å²) in [4.78, 5) is 9.76. The number of benzene rings is 3. The number of aryl methyl sites for hydroxylation is 1. The minimum atomic E-state index is -3.57. The maximum atomic E-state index is 13.1. The summed E-state index contributed by atoms with van der Waals surface area (Å²) in [5.74, 6) is 0.562. The molecular weight excluding hydrogens is 408 g/mol. The van der Waals surface area contributed by atoms with E-state index >= 15 is 0 Å². The molecule has 0 fully saturated rings. The average Bonchev–Trinajstić information content (AvgIpc) is 2.76. The highest BCUT2D eigenvalue weighted by molar-refractivity contribution is 7.90. The van der Waals surface area contributed by atoms with E-state index in [1.165, 1.54) is 0 Å². The highest BCUT2D eigenvalue weighted by Gasteiger charge is 2.21. The van der Waals surface area contributed by atoms with Crippen molar-refractivity contribution in [2.45, 2.75) is 30.9 Å². The van der Waals surface area contributed by atoms with Gasteiger partial charge in [-0.2, -0.15) is 0 Å². The molecule has 0 aliphatic heterocycles. The predicted molar refractivity (Wildman–Crippen MR) is 122 cm³/mol. The molecule has 0 N–H and O–H groups in total. The first-order valence-corrected chi connectivity index (χ1v) is 11.9. The highest BCUT2D eigenvalue weighted by atomic mass is 32.2. The molecule has 0 aliphatic rings. The summed E-state index contributed by atoms with van der Waals surface area (Å²) in [6, 6.07) is 22.1. The number of para-hydroxylation sites is 3. The van der Waals surface area contributed by atoms with E-state index < -0.39 is 9.84 Å². The largest absolute Gasteiger partial charge is 0.494 e. The second kappa shape index (κ2) is 8.86. The van der Waals surface area contributed by atoms with Gasteiger partial charge in [0.15, 0.2) is 9.84 Å². The molecular formula is C25H24N2O3S. The van der Waals surface area contributed by atoms with Crippen LogP contribution in [0.4, 0.5) is 0 Å². The Morgan fingerprint density at radius 1 is 0.806 bits per heavy atom. The summed E-state index contributed by atoms with van der Waals surface area (Å²) in [6.07, 6.45) is 0.437. The lowest BCUT2D eigenvalue weighted by Crippen LogP contribution is -2.11. The summed E-state index contributed by atoms with van der Waals surface area (Å²) in [5, 5.41) is 0. The van der Waals surface area contributed by atoms with E-state index in [9.17, 15) is 8.42 Å². The lowest BCUT2D eigenvalue weighted by atomic mass is 10.1. The number of rotatable bonds is 7. The minimum Gasteiger partial charge on any atom is -0.494 e. The molecule has 0 atom stereocenters. The molecule has 3 aromatic carbocycles. The maximum Gasteiger partial charge on any atom is 0.184 e. The number of ether oxygens (including phenoxy) is 1. The molecule has 0 amide bonds. The van der Waals surface area contributed by atoms with Gasteiger partial charge in [0.2, 0.25) is 0 Å². The van der Waals surface area contributed by atoms with Gasteiger partial charge in [-0.05, 0) is 44.2 Å². The van der Waals surface area contributed by atoms with Crippen molar-refractivity contribution in [3.05, 3.63) is 95.3 Å². The number of nitrogens with zero attached hydrogens (tertiary/aromatic N) is 2. The number of hydrogen-bond acceptors (Lipinski definition) is 5. The highest BCUT2D eigenvalue weighted by Crippen LogP contribution is 2.25. The molecule has 0 bridgehead atoms. The van der Waals surface area contributed by atoms with Gasteiger partial charge in [-0.15, -0.1) is 0 Å². The van der Waals surface area contributed by atoms with Gasteiger partial charge >= 0.3 is 0 Å². The van der Waals surface area contributed by atoms with Gasteiger partial charge in [-0.1, -0.05) is 48.0 Å². The Bertz CT molecular complexity index is 1320. The number of fused-ring (bicyclic) bond motifs is 1. The minimum absolute atomic E-state index is 0.208. The van der Waals surface area contributed by atoms with E-state index in [0.29, 0.717) is 29.9 Å². The summed E-state index contributed by atoms with van der Waals surface area (Å²) >= 11 is 0. The van der Waals surface area contributed by atoms with Gasteiger partial charge in [0.25, 0.3) is 0 Å². The smallest absolute Gasteiger partial charge is 0.184 e. The predicted octanol–water partition coefficient (Wildman–Crippen LogP) is 4.90. The van der Waals surface area contributed by atoms with Crippen molar-refractivity contribution >= 4 is 20.9 Å². The first-order chi connectivity index (χ1) is 15.0. The molecule has 31 heavy (non-hydrogen) atoms. The van der Waals surface area contributed by atoms with E-state index in [0.717, 1.165) is 22.4 Å². The van der Waals surface area contributed by atoms with E-state index in [-0.39, 0.29) is 10.6 Å². The van der Waals surface area contributed by atoms with Crippen LogP contribution >= 0.6 is 0 Å². The number of hydrogen-bond donors (Lipinski definition) is 0. The number of sulfone groups is 1. The van der Waals surface area contributed by atoms with Crippen LogP contribution in [0.15, 0.2) is 77.7 Å². The van der Waals surface area contributed by atoms with Crippen LogP contribution in [0.1, 0.15) is 29.4 Å². The van der Waals surface area contributed by atoms with Crippen molar-refractivity contribution in [1.29, 1.82) is 0 Å². The first-order valence-electron chi connectivity index (χ1n) is 10.2. The van der Waals surface area contributed by atoms with Crippen molar-refractivity contribution in [1.82, 2.24) is 9.97 Å². The third-order valence-corrected chi connectivity index (χ3v) is 6.71. The zero-order valence-corrected chi connectivity index (χ0v) is 18.4. The van der Waals surface area contributed by atoms with Gasteiger partial charge in [0, 0.05) is 12.0 Å². The third kappa shape index (κ3) is 4.75. The Kier molecular flexibility index (Phi) is 6.00. The standard InChI is InChI=1S/C25H24N2O3S/c1-3-30-25-11-7-4-8-19(25)16-23-24(27-22-10-6-5-9-21(22)26-23)17-31(28,29)20-14-12-18(2)13-15-20/h4-15H,3,16-17H2,1-2H3. The van der Waals surface area contributed by atoms with Crippen LogP contribution in [0.2, 0.25) is 0 Å². The van der Waals surface area contributed by atoms with Crippen LogP contribution in [0.25, 0.3) is 11.0 Å². The molecule has 0 radical (unpaired) electrons. The zero-order valence-electron chi connectivity index (χ0n) is 17.6. The Morgan fingerprint density at radius 2 is 1.42 bits per heavy atom. The van der Waals surface area contributed by atoms with Crippen LogP contribution in [0, 0.1) is 6.92 Å². The van der Waals surface area contributed by atoms with Crippen molar-refractivity contribution in [2.24, 2.45) is 0 Å². The monoisotopic (exact) mass is 432 g/mol. The summed E-state index contributed by atoms with van der Waals surface area (Å²) in [7, 11) is -3.57. The van der Waals surface area contributed by atoms with Gasteiger partial charge in [0.05, 0.1) is 39.7 Å². The van der Waals surface area contributed by atoms with Crippen LogP contribution in [0.5, 0.6) is 5.75 Å². The van der Waals surface area contributed by atoms with Gasteiger partial charge in [-0.25, -0.2) is 18.4 Å². The van der Waals surface area contributed by atoms with Gasteiger partial charge < -0.3 is 4.74 Å². The van der Waals surface area contributed by atoms with E-state index in [2.05, 4.69) is 0 Å². The lowest BCUT2D eigenvalue weighted by molar-refractivity contribution is 0.337. The van der Waals surface area contributed by atoms with Crippen LogP contribution in [-0.2, 0) is 22.0 Å². The molecule has 1 aromatic heterocycles. The molecule has 0 saturated heterocycles. The second-order valence-corrected chi connectivity index (χ2v) is 9.38. The average molecular weight is 433 g/mol. The summed E-state index contributed by atoms with van der Waals surface area (Å²) < 4.78 is 32.0. The lowest BCUT2D eigenvalue weighted by Gasteiger charge is -2.13. The molecule has 0 unspecified atom stereocenters. The van der Waals surface area contributed by atoms with Crippen LogP contribution in [0.3, 0.4) is 0 Å². The third-order valence-electron chi connectivity index (χ3n) is 5.06. The molecule has 6 heteroatoms. The fraction of sp³-hybridized carbons (Fsp3) is 0.200. The fourth-order valence-electron chi connectivity index (χ4n) is 3.47. The Hall–Kier alpha value is -3.25. The zero-order chi connectivity index (χ0) is 21.8. The molecule has 5 nitrogen and oxygen atoms in total. The Labute approximate surface area is 182 Å².